The minimum Gasteiger partial charge on any atom is -0.478 e. The van der Waals surface area contributed by atoms with E-state index in [1.807, 2.05) is 37.3 Å². The molecule has 3 rings (SSSR count). The number of rotatable bonds is 7. The van der Waals surface area contributed by atoms with Gasteiger partial charge in [0, 0.05) is 30.3 Å². The molecule has 27 heavy (non-hydrogen) atoms. The van der Waals surface area contributed by atoms with Crippen molar-refractivity contribution in [1.29, 1.82) is 0 Å². The molecule has 1 saturated carbocycles. The molecule has 0 bridgehead atoms. The van der Waals surface area contributed by atoms with Crippen LogP contribution in [-0.4, -0.2) is 32.8 Å². The average molecular weight is 368 g/mol. The van der Waals surface area contributed by atoms with Gasteiger partial charge in [0.2, 0.25) is 0 Å². The highest BCUT2D eigenvalue weighted by molar-refractivity contribution is 5.98. The molecular weight excluding hydrogens is 348 g/mol. The monoisotopic (exact) mass is 368 g/mol. The van der Waals surface area contributed by atoms with Gasteiger partial charge in [-0.3, -0.25) is 14.9 Å². The Morgan fingerprint density at radius 1 is 1.19 bits per heavy atom. The Kier molecular flexibility index (Phi) is 5.21. The van der Waals surface area contributed by atoms with Crippen molar-refractivity contribution in [3.8, 4) is 0 Å². The van der Waals surface area contributed by atoms with E-state index in [0.29, 0.717) is 12.5 Å². The Bertz CT molecular complexity index is 845. The Balaban J connectivity index is 1.97. The molecule has 2 aromatic carbocycles. The summed E-state index contributed by atoms with van der Waals surface area (Å²) < 4.78 is 0. The van der Waals surface area contributed by atoms with Crippen LogP contribution in [0.5, 0.6) is 0 Å². The van der Waals surface area contributed by atoms with E-state index in [4.69, 9.17) is 0 Å². The number of non-ortho nitro benzene ring substituents is 1. The number of nitrogens with zero attached hydrogens (tertiary/aromatic N) is 2. The predicted molar refractivity (Wildman–Crippen MR) is 98.6 cm³/mol. The van der Waals surface area contributed by atoms with Gasteiger partial charge in [-0.2, -0.15) is 0 Å². The van der Waals surface area contributed by atoms with E-state index in [9.17, 15) is 24.8 Å². The summed E-state index contributed by atoms with van der Waals surface area (Å²) >= 11 is 0. The van der Waals surface area contributed by atoms with Gasteiger partial charge in [0.1, 0.15) is 0 Å². The third kappa shape index (κ3) is 4.31. The fourth-order valence-corrected chi connectivity index (χ4v) is 3.14. The summed E-state index contributed by atoms with van der Waals surface area (Å²) in [7, 11) is 0. The van der Waals surface area contributed by atoms with Gasteiger partial charge in [-0.25, -0.2) is 4.79 Å². The summed E-state index contributed by atoms with van der Waals surface area (Å²) in [5, 5.41) is 20.4. The van der Waals surface area contributed by atoms with Gasteiger partial charge >= 0.3 is 5.97 Å². The number of hydrogen-bond donors (Lipinski definition) is 1. The summed E-state index contributed by atoms with van der Waals surface area (Å²) in [5.41, 5.74) is 0.288. The van der Waals surface area contributed by atoms with E-state index >= 15 is 0 Å². The standard InChI is InChI=1S/C20H20N2O5/c1-13(15-7-8-15)21(12-14-5-3-2-4-6-14)19(23)16-9-17(20(24)25)11-18(10-16)22(26)27/h2-6,9-11,13,15H,7-8,12H2,1H3,(H,24,25). The second-order valence-electron chi connectivity index (χ2n) is 6.83. The Morgan fingerprint density at radius 3 is 2.37 bits per heavy atom. The highest BCUT2D eigenvalue weighted by Crippen LogP contribution is 2.36. The molecule has 1 aliphatic carbocycles. The maximum Gasteiger partial charge on any atom is 0.335 e. The predicted octanol–water partition coefficient (Wildman–Crippen LogP) is 3.73. The van der Waals surface area contributed by atoms with E-state index in [-0.39, 0.29) is 17.2 Å². The molecule has 1 fully saturated rings. The lowest BCUT2D eigenvalue weighted by molar-refractivity contribution is -0.384. The van der Waals surface area contributed by atoms with Crippen LogP contribution in [0.1, 0.15) is 46.0 Å². The number of carboxylic acid groups (broad SMARTS) is 1. The minimum absolute atomic E-state index is 0.0185. The molecule has 0 aromatic heterocycles. The molecule has 1 amide bonds. The van der Waals surface area contributed by atoms with Gasteiger partial charge in [-0.1, -0.05) is 30.3 Å². The zero-order valence-corrected chi connectivity index (χ0v) is 14.9. The summed E-state index contributed by atoms with van der Waals surface area (Å²) in [6.07, 6.45) is 2.07. The second kappa shape index (κ2) is 7.57. The van der Waals surface area contributed by atoms with Crippen LogP contribution < -0.4 is 0 Å². The number of aromatic carboxylic acids is 1. The number of carbonyl (C=O) groups excluding carboxylic acids is 1. The normalized spacial score (nSPS) is 14.4. The quantitative estimate of drug-likeness (QED) is 0.593. The van der Waals surface area contributed by atoms with Crippen LogP contribution >= 0.6 is 0 Å². The van der Waals surface area contributed by atoms with Gasteiger partial charge < -0.3 is 10.0 Å². The summed E-state index contributed by atoms with van der Waals surface area (Å²) in [6, 6.07) is 12.8. The smallest absolute Gasteiger partial charge is 0.335 e. The molecule has 0 aliphatic heterocycles. The topological polar surface area (TPSA) is 101 Å². The average Bonchev–Trinajstić information content (AvgIpc) is 3.50. The lowest BCUT2D eigenvalue weighted by atomic mass is 10.0. The molecule has 1 atom stereocenters. The lowest BCUT2D eigenvalue weighted by Crippen LogP contribution is -2.39. The van der Waals surface area contributed by atoms with Gasteiger partial charge in [0.05, 0.1) is 10.5 Å². The van der Waals surface area contributed by atoms with Crippen molar-refractivity contribution in [1.82, 2.24) is 4.90 Å². The van der Waals surface area contributed by atoms with Crippen LogP contribution in [-0.2, 0) is 6.54 Å². The van der Waals surface area contributed by atoms with Crippen LogP contribution in [0.4, 0.5) is 5.69 Å². The van der Waals surface area contributed by atoms with Gasteiger partial charge in [0.25, 0.3) is 11.6 Å². The molecule has 140 valence electrons. The molecule has 2 aromatic rings. The van der Waals surface area contributed by atoms with Crippen molar-refractivity contribution in [3.63, 3.8) is 0 Å². The fourth-order valence-electron chi connectivity index (χ4n) is 3.14. The van der Waals surface area contributed by atoms with E-state index in [1.54, 1.807) is 4.90 Å². The molecule has 0 radical (unpaired) electrons. The van der Waals surface area contributed by atoms with Crippen molar-refractivity contribution in [2.75, 3.05) is 0 Å². The Morgan fingerprint density at radius 2 is 1.81 bits per heavy atom. The van der Waals surface area contributed by atoms with Crippen molar-refractivity contribution in [2.45, 2.75) is 32.4 Å². The fraction of sp³-hybridized carbons (Fsp3) is 0.300. The third-order valence-corrected chi connectivity index (χ3v) is 4.87. The molecule has 1 unspecified atom stereocenters. The van der Waals surface area contributed by atoms with Gasteiger partial charge in [-0.15, -0.1) is 0 Å². The molecule has 0 heterocycles. The van der Waals surface area contributed by atoms with Crippen LogP contribution in [0.3, 0.4) is 0 Å². The SMILES string of the molecule is CC(C1CC1)N(Cc1ccccc1)C(=O)c1cc(C(=O)O)cc([N+](=O)[O-])c1. The molecule has 0 spiro atoms. The summed E-state index contributed by atoms with van der Waals surface area (Å²) in [6.45, 7) is 2.33. The highest BCUT2D eigenvalue weighted by Gasteiger charge is 2.35. The molecule has 7 heteroatoms. The largest absolute Gasteiger partial charge is 0.478 e. The number of carboxylic acids is 1. The van der Waals surface area contributed by atoms with E-state index in [0.717, 1.165) is 30.5 Å². The first kappa shape index (κ1) is 18.6. The maximum absolute atomic E-state index is 13.2. The first-order chi connectivity index (χ1) is 12.9. The summed E-state index contributed by atoms with van der Waals surface area (Å²) in [5.74, 6) is -1.31. The molecule has 0 saturated heterocycles. The van der Waals surface area contributed by atoms with E-state index in [2.05, 4.69) is 0 Å². The molecule has 1 aliphatic rings. The maximum atomic E-state index is 13.2. The zero-order valence-electron chi connectivity index (χ0n) is 14.9. The second-order valence-corrected chi connectivity index (χ2v) is 6.83. The number of nitro benzene ring substituents is 1. The number of benzene rings is 2. The van der Waals surface area contributed by atoms with Crippen molar-refractivity contribution >= 4 is 17.6 Å². The van der Waals surface area contributed by atoms with Crippen molar-refractivity contribution in [3.05, 3.63) is 75.3 Å². The van der Waals surface area contributed by atoms with Crippen LogP contribution in [0.15, 0.2) is 48.5 Å². The highest BCUT2D eigenvalue weighted by atomic mass is 16.6. The molecular formula is C20H20N2O5. The number of nitro groups is 1. The van der Waals surface area contributed by atoms with Gasteiger partial charge in [0.15, 0.2) is 0 Å². The van der Waals surface area contributed by atoms with Crippen LogP contribution in [0.25, 0.3) is 0 Å². The number of amides is 1. The van der Waals surface area contributed by atoms with Crippen LogP contribution in [0.2, 0.25) is 0 Å². The number of carbonyl (C=O) groups is 2. The van der Waals surface area contributed by atoms with Gasteiger partial charge in [-0.05, 0) is 37.3 Å². The number of hydrogen-bond acceptors (Lipinski definition) is 4. The van der Waals surface area contributed by atoms with E-state index < -0.39 is 22.5 Å². The Labute approximate surface area is 156 Å². The first-order valence-electron chi connectivity index (χ1n) is 8.74. The van der Waals surface area contributed by atoms with Crippen molar-refractivity contribution in [2.24, 2.45) is 5.92 Å². The van der Waals surface area contributed by atoms with E-state index in [1.165, 1.54) is 6.07 Å². The lowest BCUT2D eigenvalue weighted by Gasteiger charge is -2.30. The molecule has 7 nitrogen and oxygen atoms in total. The minimum atomic E-state index is -1.31. The first-order valence-corrected chi connectivity index (χ1v) is 8.74. The zero-order chi connectivity index (χ0) is 19.6. The Hall–Kier alpha value is -3.22. The summed E-state index contributed by atoms with van der Waals surface area (Å²) in [4.78, 5) is 36.6. The van der Waals surface area contributed by atoms with Crippen LogP contribution in [0, 0.1) is 16.0 Å². The third-order valence-electron chi connectivity index (χ3n) is 4.87. The van der Waals surface area contributed by atoms with Crippen molar-refractivity contribution < 1.29 is 19.6 Å². The molecule has 1 N–H and O–H groups in total.